The molecule has 0 bridgehead atoms. The molecule has 72 valence electrons. The molecule has 0 unspecified atom stereocenters. The summed E-state index contributed by atoms with van der Waals surface area (Å²) in [6.07, 6.45) is 6.63. The number of halogens is 1. The molecule has 1 heterocycles. The van der Waals surface area contributed by atoms with Gasteiger partial charge in [0.2, 0.25) is 0 Å². The second-order valence-electron chi connectivity index (χ2n) is 3.82. The van der Waals surface area contributed by atoms with Crippen LogP contribution in [0.25, 0.3) is 0 Å². The zero-order valence-corrected chi connectivity index (χ0v) is 9.14. The molecule has 1 aromatic rings. The van der Waals surface area contributed by atoms with Crippen LogP contribution < -0.4 is 5.73 Å². The summed E-state index contributed by atoms with van der Waals surface area (Å²) in [6, 6.07) is 2.05. The van der Waals surface area contributed by atoms with E-state index in [0.29, 0.717) is 6.54 Å². The van der Waals surface area contributed by atoms with E-state index in [1.54, 1.807) is 6.26 Å². The Bertz CT molecular complexity index is 289. The van der Waals surface area contributed by atoms with E-state index in [1.165, 1.54) is 25.7 Å². The van der Waals surface area contributed by atoms with Crippen LogP contribution in [0.3, 0.4) is 0 Å². The van der Waals surface area contributed by atoms with Gasteiger partial charge in [0, 0.05) is 12.0 Å². The molecule has 0 atom stereocenters. The highest BCUT2D eigenvalue weighted by Crippen LogP contribution is 2.41. The van der Waals surface area contributed by atoms with Gasteiger partial charge in [0.15, 0.2) is 0 Å². The largest absolute Gasteiger partial charge is 0.467 e. The van der Waals surface area contributed by atoms with Crippen LogP contribution in [0.4, 0.5) is 0 Å². The summed E-state index contributed by atoms with van der Waals surface area (Å²) in [5, 5.41) is 0. The first-order valence-electron chi connectivity index (χ1n) is 4.71. The Balaban J connectivity index is 2.30. The van der Waals surface area contributed by atoms with Crippen molar-refractivity contribution in [1.29, 1.82) is 0 Å². The van der Waals surface area contributed by atoms with Crippen molar-refractivity contribution in [3.63, 3.8) is 0 Å². The van der Waals surface area contributed by atoms with Gasteiger partial charge in [0.05, 0.1) is 4.47 Å². The molecule has 2 rings (SSSR count). The monoisotopic (exact) mass is 243 g/mol. The third kappa shape index (κ3) is 1.55. The lowest BCUT2D eigenvalue weighted by Gasteiger charge is -2.23. The molecule has 1 aliphatic rings. The fraction of sp³-hybridized carbons (Fsp3) is 0.600. The van der Waals surface area contributed by atoms with Gasteiger partial charge in [0.25, 0.3) is 0 Å². The van der Waals surface area contributed by atoms with Crippen molar-refractivity contribution in [2.75, 3.05) is 6.54 Å². The van der Waals surface area contributed by atoms with E-state index in [2.05, 4.69) is 22.0 Å². The summed E-state index contributed by atoms with van der Waals surface area (Å²) in [4.78, 5) is 0. The lowest BCUT2D eigenvalue weighted by atomic mass is 9.84. The molecule has 1 aromatic heterocycles. The third-order valence-corrected chi connectivity index (χ3v) is 3.46. The van der Waals surface area contributed by atoms with E-state index in [9.17, 15) is 0 Å². The second kappa shape index (κ2) is 3.46. The Kier molecular flexibility index (Phi) is 2.47. The molecule has 0 spiro atoms. The van der Waals surface area contributed by atoms with Gasteiger partial charge < -0.3 is 10.2 Å². The summed E-state index contributed by atoms with van der Waals surface area (Å²) in [5.41, 5.74) is 5.97. The number of rotatable bonds is 2. The first-order valence-corrected chi connectivity index (χ1v) is 5.51. The van der Waals surface area contributed by atoms with Crippen LogP contribution in [0, 0.1) is 0 Å². The van der Waals surface area contributed by atoms with Crippen LogP contribution in [0.5, 0.6) is 0 Å². The highest BCUT2D eigenvalue weighted by Gasteiger charge is 2.36. The quantitative estimate of drug-likeness (QED) is 0.868. The molecule has 1 aliphatic carbocycles. The Morgan fingerprint density at radius 2 is 2.15 bits per heavy atom. The summed E-state index contributed by atoms with van der Waals surface area (Å²) in [5.74, 6) is 1.05. The van der Waals surface area contributed by atoms with E-state index in [-0.39, 0.29) is 5.41 Å². The number of furan rings is 1. The van der Waals surface area contributed by atoms with E-state index in [4.69, 9.17) is 10.2 Å². The molecule has 0 aliphatic heterocycles. The van der Waals surface area contributed by atoms with Crippen LogP contribution >= 0.6 is 15.9 Å². The maximum atomic E-state index is 5.83. The smallest absolute Gasteiger partial charge is 0.112 e. The molecular weight excluding hydrogens is 230 g/mol. The lowest BCUT2D eigenvalue weighted by molar-refractivity contribution is 0.347. The molecule has 3 heteroatoms. The third-order valence-electron chi connectivity index (χ3n) is 3.04. The summed E-state index contributed by atoms with van der Waals surface area (Å²) < 4.78 is 6.53. The van der Waals surface area contributed by atoms with Crippen molar-refractivity contribution >= 4 is 15.9 Å². The summed E-state index contributed by atoms with van der Waals surface area (Å²) >= 11 is 3.40. The Hall–Kier alpha value is -0.280. The van der Waals surface area contributed by atoms with Crippen molar-refractivity contribution in [2.24, 2.45) is 5.73 Å². The summed E-state index contributed by atoms with van der Waals surface area (Å²) in [6.45, 7) is 0.701. The van der Waals surface area contributed by atoms with Gasteiger partial charge in [-0.1, -0.05) is 12.8 Å². The number of nitrogens with two attached hydrogens (primary N) is 1. The molecule has 2 N–H and O–H groups in total. The maximum absolute atomic E-state index is 5.83. The number of hydrogen-bond acceptors (Lipinski definition) is 2. The second-order valence-corrected chi connectivity index (χ2v) is 4.74. The van der Waals surface area contributed by atoms with Gasteiger partial charge in [-0.05, 0) is 34.8 Å². The van der Waals surface area contributed by atoms with Gasteiger partial charge in [-0.2, -0.15) is 0 Å². The van der Waals surface area contributed by atoms with Gasteiger partial charge in [0.1, 0.15) is 12.0 Å². The van der Waals surface area contributed by atoms with Crippen molar-refractivity contribution in [1.82, 2.24) is 0 Å². The van der Waals surface area contributed by atoms with Crippen LogP contribution in [-0.2, 0) is 5.41 Å². The predicted molar refractivity (Wildman–Crippen MR) is 55.6 cm³/mol. The van der Waals surface area contributed by atoms with E-state index in [1.807, 2.05) is 0 Å². The predicted octanol–water partition coefficient (Wildman–Crippen LogP) is 2.81. The van der Waals surface area contributed by atoms with Gasteiger partial charge in [-0.15, -0.1) is 0 Å². The molecule has 0 aromatic carbocycles. The minimum absolute atomic E-state index is 0.131. The minimum atomic E-state index is 0.131. The highest BCUT2D eigenvalue weighted by atomic mass is 79.9. The lowest BCUT2D eigenvalue weighted by Crippen LogP contribution is -2.31. The summed E-state index contributed by atoms with van der Waals surface area (Å²) in [7, 11) is 0. The Labute approximate surface area is 86.6 Å². The van der Waals surface area contributed by atoms with Gasteiger partial charge >= 0.3 is 0 Å². The maximum Gasteiger partial charge on any atom is 0.112 e. The molecule has 0 amide bonds. The molecule has 2 nitrogen and oxygen atoms in total. The van der Waals surface area contributed by atoms with Gasteiger partial charge in [-0.25, -0.2) is 0 Å². The molecule has 1 saturated carbocycles. The normalized spacial score (nSPS) is 20.8. The van der Waals surface area contributed by atoms with Crippen LogP contribution in [0.1, 0.15) is 31.4 Å². The van der Waals surface area contributed by atoms with E-state index < -0.39 is 0 Å². The average Bonchev–Trinajstić information content (AvgIpc) is 2.73. The molecule has 13 heavy (non-hydrogen) atoms. The zero-order valence-electron chi connectivity index (χ0n) is 7.55. The topological polar surface area (TPSA) is 39.2 Å². The van der Waals surface area contributed by atoms with Crippen molar-refractivity contribution in [3.05, 3.63) is 22.6 Å². The van der Waals surface area contributed by atoms with Crippen molar-refractivity contribution < 1.29 is 4.42 Å². The SMILES string of the molecule is NCC1(c2cc(Br)co2)CCCC1. The van der Waals surface area contributed by atoms with E-state index in [0.717, 1.165) is 10.2 Å². The standard InChI is InChI=1S/C10H14BrNO/c11-8-5-9(13-6-8)10(7-12)3-1-2-4-10/h5-6H,1-4,7,12H2. The van der Waals surface area contributed by atoms with E-state index >= 15 is 0 Å². The average molecular weight is 244 g/mol. The van der Waals surface area contributed by atoms with Crippen molar-refractivity contribution in [3.8, 4) is 0 Å². The first-order chi connectivity index (χ1) is 6.27. The highest BCUT2D eigenvalue weighted by molar-refractivity contribution is 9.10. The number of hydrogen-bond donors (Lipinski definition) is 1. The van der Waals surface area contributed by atoms with Crippen LogP contribution in [0.15, 0.2) is 21.2 Å². The molecule has 0 radical (unpaired) electrons. The Morgan fingerprint density at radius 3 is 2.62 bits per heavy atom. The van der Waals surface area contributed by atoms with Gasteiger partial charge in [-0.3, -0.25) is 0 Å². The Morgan fingerprint density at radius 1 is 1.46 bits per heavy atom. The zero-order chi connectivity index (χ0) is 9.31. The van der Waals surface area contributed by atoms with Crippen LogP contribution in [0.2, 0.25) is 0 Å². The fourth-order valence-corrected chi connectivity index (χ4v) is 2.50. The first kappa shape index (κ1) is 9.28. The van der Waals surface area contributed by atoms with Crippen LogP contribution in [-0.4, -0.2) is 6.54 Å². The molecule has 1 fully saturated rings. The minimum Gasteiger partial charge on any atom is -0.467 e. The molecule has 0 saturated heterocycles. The molecular formula is C10H14BrNO. The van der Waals surface area contributed by atoms with Crippen molar-refractivity contribution in [2.45, 2.75) is 31.1 Å². The fourth-order valence-electron chi connectivity index (χ4n) is 2.19.